The van der Waals surface area contributed by atoms with Gasteiger partial charge in [0.25, 0.3) is 0 Å². The maximum atomic E-state index is 8.96. The Kier molecular flexibility index (Phi) is 10.6. The topological polar surface area (TPSA) is 84.9 Å². The second-order valence-electron chi connectivity index (χ2n) is 6.91. The molecule has 0 amide bonds. The van der Waals surface area contributed by atoms with Gasteiger partial charge >= 0.3 is 8.60 Å². The van der Waals surface area contributed by atoms with Crippen molar-refractivity contribution in [2.24, 2.45) is 5.73 Å². The lowest BCUT2D eigenvalue weighted by Crippen LogP contribution is -2.47. The Bertz CT molecular complexity index is 465. The summed E-state index contributed by atoms with van der Waals surface area (Å²) in [4.78, 5) is 17.9. The van der Waals surface area contributed by atoms with Gasteiger partial charge in [0.15, 0.2) is 0 Å². The van der Waals surface area contributed by atoms with Gasteiger partial charge in [-0.05, 0) is 50.8 Å². The minimum Gasteiger partial charge on any atom is -0.494 e. The molecule has 0 heterocycles. The predicted molar refractivity (Wildman–Crippen MR) is 104 cm³/mol. The molecule has 1 aromatic rings. The lowest BCUT2D eigenvalue weighted by molar-refractivity contribution is 0.111. The van der Waals surface area contributed by atoms with Crippen molar-refractivity contribution in [3.05, 3.63) is 29.8 Å². The Hall–Kier alpha value is -0.710. The third-order valence-corrected chi connectivity index (χ3v) is 5.08. The summed E-state index contributed by atoms with van der Waals surface area (Å²) in [6.07, 6.45) is 7.24. The van der Waals surface area contributed by atoms with Crippen molar-refractivity contribution < 1.29 is 19.0 Å². The molecule has 2 atom stereocenters. The van der Waals surface area contributed by atoms with Crippen LogP contribution in [0.2, 0.25) is 0 Å². The first-order valence-corrected chi connectivity index (χ1v) is 10.4. The van der Waals surface area contributed by atoms with Gasteiger partial charge < -0.3 is 24.8 Å². The smallest absolute Gasteiger partial charge is 0.327 e. The molecule has 1 rings (SSSR count). The highest BCUT2D eigenvalue weighted by molar-refractivity contribution is 7.39. The van der Waals surface area contributed by atoms with Crippen molar-refractivity contribution in [2.45, 2.75) is 77.4 Å². The molecule has 6 heteroatoms. The second kappa shape index (κ2) is 11.8. The van der Waals surface area contributed by atoms with Crippen molar-refractivity contribution in [3.63, 3.8) is 0 Å². The Balaban J connectivity index is 2.34. The van der Waals surface area contributed by atoms with Gasteiger partial charge in [0.2, 0.25) is 0 Å². The summed E-state index contributed by atoms with van der Waals surface area (Å²) in [5.41, 5.74) is 6.79. The molecule has 0 aliphatic carbocycles. The highest BCUT2D eigenvalue weighted by Crippen LogP contribution is 2.31. The molecule has 0 aromatic heterocycles. The molecule has 0 aliphatic heterocycles. The summed E-state index contributed by atoms with van der Waals surface area (Å²) < 4.78 is 10.8. The molecule has 4 N–H and O–H groups in total. The first-order valence-electron chi connectivity index (χ1n) is 9.20. The first kappa shape index (κ1) is 22.3. The van der Waals surface area contributed by atoms with Crippen molar-refractivity contribution in [3.8, 4) is 5.75 Å². The highest BCUT2D eigenvalue weighted by Gasteiger charge is 2.29. The monoisotopic (exact) mass is 371 g/mol. The van der Waals surface area contributed by atoms with Crippen LogP contribution in [0.5, 0.6) is 5.75 Å². The van der Waals surface area contributed by atoms with Crippen LogP contribution in [0.1, 0.15) is 64.9 Å². The van der Waals surface area contributed by atoms with Crippen LogP contribution in [0.3, 0.4) is 0 Å². The molecular weight excluding hydrogens is 337 g/mol. The molecule has 25 heavy (non-hydrogen) atoms. The standard InChI is InChI=1S/C19H34NO4P/c1-4-5-6-7-8-15-23-18-11-9-17(10-12-18)13-14-19(3,20)16(2)24-25(21)22/h9-12,16,21-22H,4-8,13-15,20H2,1-3H3/t16?,19-/m1/s1. The van der Waals surface area contributed by atoms with Gasteiger partial charge in [0.05, 0.1) is 12.7 Å². The van der Waals surface area contributed by atoms with E-state index in [9.17, 15) is 0 Å². The summed E-state index contributed by atoms with van der Waals surface area (Å²) >= 11 is 0. The first-order chi connectivity index (χ1) is 11.8. The van der Waals surface area contributed by atoms with Gasteiger partial charge in [-0.25, -0.2) is 0 Å². The van der Waals surface area contributed by atoms with Crippen LogP contribution in [0.4, 0.5) is 0 Å². The Morgan fingerprint density at radius 1 is 1.12 bits per heavy atom. The zero-order valence-corrected chi connectivity index (χ0v) is 16.7. The maximum absolute atomic E-state index is 8.96. The van der Waals surface area contributed by atoms with Crippen molar-refractivity contribution >= 4 is 8.60 Å². The van der Waals surface area contributed by atoms with Crippen LogP contribution in [0.15, 0.2) is 24.3 Å². The van der Waals surface area contributed by atoms with Crippen LogP contribution in [0.25, 0.3) is 0 Å². The average Bonchev–Trinajstić information content (AvgIpc) is 2.56. The molecular formula is C19H34NO4P. The zero-order valence-electron chi connectivity index (χ0n) is 15.8. The SMILES string of the molecule is CCCCCCCOc1ccc(CC[C@@](C)(N)C(C)OP(O)O)cc1. The second-order valence-corrected chi connectivity index (χ2v) is 7.63. The molecule has 1 aromatic carbocycles. The molecule has 0 spiro atoms. The van der Waals surface area contributed by atoms with Crippen LogP contribution < -0.4 is 10.5 Å². The Morgan fingerprint density at radius 2 is 1.76 bits per heavy atom. The maximum Gasteiger partial charge on any atom is 0.327 e. The molecule has 0 fully saturated rings. The van der Waals surface area contributed by atoms with Crippen LogP contribution in [0, 0.1) is 0 Å². The quantitative estimate of drug-likeness (QED) is 0.355. The van der Waals surface area contributed by atoms with E-state index in [0.29, 0.717) is 6.42 Å². The number of nitrogens with two attached hydrogens (primary N) is 1. The fourth-order valence-electron chi connectivity index (χ4n) is 2.53. The number of rotatable bonds is 13. The van der Waals surface area contributed by atoms with Gasteiger partial charge in [-0.3, -0.25) is 0 Å². The van der Waals surface area contributed by atoms with Gasteiger partial charge in [-0.2, -0.15) is 0 Å². The fraction of sp³-hybridized carbons (Fsp3) is 0.684. The Morgan fingerprint density at radius 3 is 2.36 bits per heavy atom. The van der Waals surface area contributed by atoms with E-state index < -0.39 is 20.2 Å². The minimum absolute atomic E-state index is 0.427. The number of hydrogen-bond acceptors (Lipinski definition) is 5. The zero-order chi connectivity index (χ0) is 18.7. The fourth-order valence-corrected chi connectivity index (χ4v) is 3.05. The molecule has 0 saturated heterocycles. The van der Waals surface area contributed by atoms with Gasteiger partial charge in [0, 0.05) is 5.54 Å². The number of aryl methyl sites for hydroxylation is 1. The molecule has 5 nitrogen and oxygen atoms in total. The molecule has 1 unspecified atom stereocenters. The Labute approximate surface area is 153 Å². The number of hydrogen-bond donors (Lipinski definition) is 3. The largest absolute Gasteiger partial charge is 0.494 e. The number of unbranched alkanes of at least 4 members (excludes halogenated alkanes) is 4. The molecule has 144 valence electrons. The van der Waals surface area contributed by atoms with E-state index >= 15 is 0 Å². The normalized spacial score (nSPS) is 15.2. The van der Waals surface area contributed by atoms with Crippen LogP contribution in [-0.2, 0) is 10.9 Å². The number of benzene rings is 1. The average molecular weight is 371 g/mol. The molecule has 0 radical (unpaired) electrons. The lowest BCUT2D eigenvalue weighted by Gasteiger charge is -2.31. The van der Waals surface area contributed by atoms with Crippen molar-refractivity contribution in [2.75, 3.05) is 6.61 Å². The van der Waals surface area contributed by atoms with E-state index in [-0.39, 0.29) is 0 Å². The minimum atomic E-state index is -2.38. The van der Waals surface area contributed by atoms with Gasteiger partial charge in [-0.1, -0.05) is 44.7 Å². The van der Waals surface area contributed by atoms with Gasteiger partial charge in [-0.15, -0.1) is 0 Å². The predicted octanol–water partition coefficient (Wildman–Crippen LogP) is 4.30. The van der Waals surface area contributed by atoms with Crippen LogP contribution >= 0.6 is 8.60 Å². The van der Waals surface area contributed by atoms with E-state index in [1.165, 1.54) is 31.2 Å². The summed E-state index contributed by atoms with van der Waals surface area (Å²) in [6, 6.07) is 8.10. The molecule has 0 bridgehead atoms. The van der Waals surface area contributed by atoms with E-state index in [1.807, 2.05) is 19.1 Å². The molecule has 0 saturated carbocycles. The van der Waals surface area contributed by atoms with E-state index in [1.54, 1.807) is 6.92 Å². The summed E-state index contributed by atoms with van der Waals surface area (Å²) in [6.45, 7) is 6.62. The van der Waals surface area contributed by atoms with Crippen LogP contribution in [-0.4, -0.2) is 28.0 Å². The van der Waals surface area contributed by atoms with Crippen molar-refractivity contribution in [1.29, 1.82) is 0 Å². The van der Waals surface area contributed by atoms with E-state index in [4.69, 9.17) is 24.8 Å². The van der Waals surface area contributed by atoms with E-state index in [0.717, 1.165) is 25.2 Å². The summed E-state index contributed by atoms with van der Waals surface area (Å²) in [5.74, 6) is 0.901. The molecule has 0 aliphatic rings. The highest BCUT2D eigenvalue weighted by atomic mass is 31.2. The van der Waals surface area contributed by atoms with Crippen molar-refractivity contribution in [1.82, 2.24) is 0 Å². The summed E-state index contributed by atoms with van der Waals surface area (Å²) in [7, 11) is -2.38. The number of ether oxygens (including phenoxy) is 1. The third-order valence-electron chi connectivity index (χ3n) is 4.57. The third kappa shape index (κ3) is 9.53. The van der Waals surface area contributed by atoms with E-state index in [2.05, 4.69) is 19.1 Å². The lowest BCUT2D eigenvalue weighted by atomic mass is 9.90. The van der Waals surface area contributed by atoms with Gasteiger partial charge in [0.1, 0.15) is 5.75 Å². The summed E-state index contributed by atoms with van der Waals surface area (Å²) in [5, 5.41) is 0.